The minimum atomic E-state index is -1.14. The molecule has 1 amide bonds. The van der Waals surface area contributed by atoms with Crippen molar-refractivity contribution < 1.29 is 14.7 Å². The third kappa shape index (κ3) is 3.74. The van der Waals surface area contributed by atoms with E-state index in [1.54, 1.807) is 36.5 Å². The number of nitrogens with one attached hydrogen (secondary N) is 1. The van der Waals surface area contributed by atoms with Gasteiger partial charge in [0.05, 0.1) is 6.54 Å². The lowest BCUT2D eigenvalue weighted by atomic mass is 9.97. The van der Waals surface area contributed by atoms with Crippen LogP contribution >= 0.6 is 0 Å². The molecule has 140 valence electrons. The van der Waals surface area contributed by atoms with Crippen molar-refractivity contribution in [1.82, 2.24) is 19.5 Å². The molecule has 0 fully saturated rings. The van der Waals surface area contributed by atoms with Crippen LogP contribution in [0.2, 0.25) is 0 Å². The fourth-order valence-electron chi connectivity index (χ4n) is 2.91. The van der Waals surface area contributed by atoms with Crippen molar-refractivity contribution in [3.05, 3.63) is 69.8 Å². The third-order valence-electron chi connectivity index (χ3n) is 4.55. The number of carboxylic acid groups (broad SMARTS) is 1. The van der Waals surface area contributed by atoms with Crippen LogP contribution in [0.3, 0.4) is 0 Å². The maximum Gasteiger partial charge on any atom is 0.350 e. The normalized spacial score (nSPS) is 12.1. The summed E-state index contributed by atoms with van der Waals surface area (Å²) in [6, 6.07) is 9.36. The molecule has 0 aliphatic rings. The summed E-state index contributed by atoms with van der Waals surface area (Å²) < 4.78 is 2.58. The lowest BCUT2D eigenvalue weighted by Crippen LogP contribution is -2.35. The van der Waals surface area contributed by atoms with Gasteiger partial charge in [-0.05, 0) is 42.7 Å². The average molecular weight is 368 g/mol. The molecule has 8 nitrogen and oxygen atoms in total. The van der Waals surface area contributed by atoms with E-state index >= 15 is 0 Å². The SMILES string of the molecule is Cc1cccc(C(NC(=O)CCn2nc3ccccn3c2=O)C(=O)O)c1C. The zero-order chi connectivity index (χ0) is 19.6. The molecule has 3 aromatic rings. The van der Waals surface area contributed by atoms with E-state index in [1.165, 1.54) is 9.08 Å². The van der Waals surface area contributed by atoms with Gasteiger partial charge in [0.2, 0.25) is 5.91 Å². The Morgan fingerprint density at radius 2 is 1.96 bits per heavy atom. The first-order chi connectivity index (χ1) is 12.9. The van der Waals surface area contributed by atoms with Crippen molar-refractivity contribution in [2.75, 3.05) is 0 Å². The summed E-state index contributed by atoms with van der Waals surface area (Å²) in [6.45, 7) is 3.77. The van der Waals surface area contributed by atoms with Crippen LogP contribution in [0, 0.1) is 13.8 Å². The number of rotatable bonds is 6. The van der Waals surface area contributed by atoms with Crippen LogP contribution in [-0.2, 0) is 16.1 Å². The minimum absolute atomic E-state index is 0.0571. The smallest absolute Gasteiger partial charge is 0.350 e. The molecule has 0 bridgehead atoms. The highest BCUT2D eigenvalue weighted by Crippen LogP contribution is 2.21. The summed E-state index contributed by atoms with van der Waals surface area (Å²) in [7, 11) is 0. The Labute approximate surface area is 155 Å². The Balaban J connectivity index is 1.73. The number of aryl methyl sites for hydroxylation is 2. The van der Waals surface area contributed by atoms with E-state index in [2.05, 4.69) is 10.4 Å². The summed E-state index contributed by atoms with van der Waals surface area (Å²) in [5.74, 6) is -1.60. The number of amides is 1. The zero-order valence-electron chi connectivity index (χ0n) is 15.0. The van der Waals surface area contributed by atoms with Crippen molar-refractivity contribution in [3.63, 3.8) is 0 Å². The molecule has 0 aliphatic heterocycles. The standard InChI is InChI=1S/C19H20N4O4/c1-12-6-5-7-14(13(12)2)17(18(25)26)20-16(24)9-11-23-19(27)22-10-4-3-8-15(22)21-23/h3-8,10,17H,9,11H2,1-2H3,(H,20,24)(H,25,26). The summed E-state index contributed by atoms with van der Waals surface area (Å²) in [5, 5.41) is 16.2. The number of aromatic nitrogens is 3. The number of carbonyl (C=O) groups is 2. The van der Waals surface area contributed by atoms with E-state index in [9.17, 15) is 19.5 Å². The lowest BCUT2D eigenvalue weighted by molar-refractivity contribution is -0.142. The summed E-state index contributed by atoms with van der Waals surface area (Å²) in [4.78, 5) is 36.2. The number of nitrogens with zero attached hydrogens (tertiary/aromatic N) is 3. The molecule has 3 rings (SSSR count). The molecule has 2 N–H and O–H groups in total. The number of carboxylic acids is 1. The number of fused-ring (bicyclic) bond motifs is 1. The number of hydrogen-bond acceptors (Lipinski definition) is 4. The molecular formula is C19H20N4O4. The van der Waals surface area contributed by atoms with Gasteiger partial charge in [0.25, 0.3) is 0 Å². The second-order valence-corrected chi connectivity index (χ2v) is 6.31. The summed E-state index contributed by atoms with van der Waals surface area (Å²) in [6.07, 6.45) is 1.54. The number of hydrogen-bond donors (Lipinski definition) is 2. The van der Waals surface area contributed by atoms with Gasteiger partial charge < -0.3 is 10.4 Å². The van der Waals surface area contributed by atoms with Crippen molar-refractivity contribution in [3.8, 4) is 0 Å². The van der Waals surface area contributed by atoms with Crippen LogP contribution in [0.1, 0.15) is 29.2 Å². The minimum Gasteiger partial charge on any atom is -0.479 e. The van der Waals surface area contributed by atoms with E-state index in [1.807, 2.05) is 19.9 Å². The maximum atomic E-state index is 12.3. The van der Waals surface area contributed by atoms with E-state index < -0.39 is 17.9 Å². The van der Waals surface area contributed by atoms with E-state index in [0.717, 1.165) is 11.1 Å². The van der Waals surface area contributed by atoms with E-state index in [0.29, 0.717) is 11.2 Å². The zero-order valence-corrected chi connectivity index (χ0v) is 15.0. The number of pyridine rings is 1. The molecule has 0 saturated heterocycles. The van der Waals surface area contributed by atoms with Gasteiger partial charge in [0, 0.05) is 12.6 Å². The molecule has 2 aromatic heterocycles. The Hall–Kier alpha value is -3.42. The van der Waals surface area contributed by atoms with Gasteiger partial charge in [-0.2, -0.15) is 0 Å². The topological polar surface area (TPSA) is 106 Å². The summed E-state index contributed by atoms with van der Waals surface area (Å²) in [5.41, 5.74) is 2.45. The molecule has 0 saturated carbocycles. The number of carbonyl (C=O) groups excluding carboxylic acids is 1. The Morgan fingerprint density at radius 3 is 2.67 bits per heavy atom. The predicted octanol–water partition coefficient (Wildman–Crippen LogP) is 1.45. The maximum absolute atomic E-state index is 12.3. The first kappa shape index (κ1) is 18.4. The second-order valence-electron chi connectivity index (χ2n) is 6.31. The average Bonchev–Trinajstić information content (AvgIpc) is 2.97. The molecule has 0 radical (unpaired) electrons. The third-order valence-corrected chi connectivity index (χ3v) is 4.55. The first-order valence-electron chi connectivity index (χ1n) is 8.51. The van der Waals surface area contributed by atoms with Crippen molar-refractivity contribution in [1.29, 1.82) is 0 Å². The van der Waals surface area contributed by atoms with Crippen molar-refractivity contribution >= 4 is 17.5 Å². The van der Waals surface area contributed by atoms with Gasteiger partial charge in [-0.15, -0.1) is 5.10 Å². The van der Waals surface area contributed by atoms with E-state index in [4.69, 9.17) is 0 Å². The van der Waals surface area contributed by atoms with Gasteiger partial charge in [-0.3, -0.25) is 9.20 Å². The van der Waals surface area contributed by atoms with Gasteiger partial charge in [0.1, 0.15) is 0 Å². The van der Waals surface area contributed by atoms with Crippen molar-refractivity contribution in [2.24, 2.45) is 0 Å². The van der Waals surface area contributed by atoms with Crippen molar-refractivity contribution in [2.45, 2.75) is 32.9 Å². The van der Waals surface area contributed by atoms with Gasteiger partial charge in [-0.1, -0.05) is 24.3 Å². The molecule has 0 spiro atoms. The Kier molecular flexibility index (Phi) is 5.07. The Morgan fingerprint density at radius 1 is 1.19 bits per heavy atom. The highest BCUT2D eigenvalue weighted by Gasteiger charge is 2.24. The number of aliphatic carboxylic acids is 1. The molecule has 1 atom stereocenters. The molecular weight excluding hydrogens is 348 g/mol. The first-order valence-corrected chi connectivity index (χ1v) is 8.51. The quantitative estimate of drug-likeness (QED) is 0.685. The van der Waals surface area contributed by atoms with Crippen LogP contribution in [0.15, 0.2) is 47.4 Å². The van der Waals surface area contributed by atoms with Crippen LogP contribution in [0.5, 0.6) is 0 Å². The monoisotopic (exact) mass is 368 g/mol. The largest absolute Gasteiger partial charge is 0.479 e. The Bertz CT molecular complexity index is 1070. The van der Waals surface area contributed by atoms with Crippen LogP contribution in [-0.4, -0.2) is 31.2 Å². The lowest BCUT2D eigenvalue weighted by Gasteiger charge is -2.18. The second kappa shape index (κ2) is 7.45. The summed E-state index contributed by atoms with van der Waals surface area (Å²) >= 11 is 0. The fraction of sp³-hybridized carbons (Fsp3) is 0.263. The van der Waals surface area contributed by atoms with Crippen LogP contribution in [0.4, 0.5) is 0 Å². The van der Waals surface area contributed by atoms with Crippen LogP contribution < -0.4 is 11.0 Å². The molecule has 8 heteroatoms. The fourth-order valence-corrected chi connectivity index (χ4v) is 2.91. The highest BCUT2D eigenvalue weighted by atomic mass is 16.4. The molecule has 2 heterocycles. The van der Waals surface area contributed by atoms with Crippen LogP contribution in [0.25, 0.3) is 5.65 Å². The van der Waals surface area contributed by atoms with E-state index in [-0.39, 0.29) is 18.7 Å². The molecule has 27 heavy (non-hydrogen) atoms. The predicted molar refractivity (Wildman–Crippen MR) is 98.5 cm³/mol. The highest BCUT2D eigenvalue weighted by molar-refractivity contribution is 5.84. The molecule has 1 unspecified atom stereocenters. The molecule has 0 aliphatic carbocycles. The number of benzene rings is 1. The van der Waals surface area contributed by atoms with Gasteiger partial charge in [0.15, 0.2) is 11.7 Å². The molecule has 1 aromatic carbocycles. The van der Waals surface area contributed by atoms with Gasteiger partial charge >= 0.3 is 11.7 Å². The van der Waals surface area contributed by atoms with Gasteiger partial charge in [-0.25, -0.2) is 14.3 Å².